The van der Waals surface area contributed by atoms with Crippen LogP contribution in [-0.2, 0) is 0 Å². The number of hydrazine groups is 1. The number of para-hydroxylation sites is 2. The third-order valence-corrected chi connectivity index (χ3v) is 13.7. The van der Waals surface area contributed by atoms with Gasteiger partial charge in [0.1, 0.15) is 0 Å². The normalized spacial score (nSPS) is 42.3. The Kier molecular flexibility index (Phi) is 7.15. The first kappa shape index (κ1) is 31.0. The Hall–Kier alpha value is -2.29. The number of anilines is 2. The summed E-state index contributed by atoms with van der Waals surface area (Å²) < 4.78 is 1.18. The van der Waals surface area contributed by atoms with Crippen LogP contribution in [0.5, 0.6) is 0 Å². The summed E-state index contributed by atoms with van der Waals surface area (Å²) in [6, 6.07) is 17.0. The molecule has 4 N–H and O–H groups in total. The second-order valence-corrected chi connectivity index (χ2v) is 19.6. The van der Waals surface area contributed by atoms with Crippen molar-refractivity contribution in [3.05, 3.63) is 57.7 Å². The predicted octanol–water partition coefficient (Wildman–Crippen LogP) is 9.43. The number of rotatable bonds is 4. The Labute approximate surface area is 290 Å². The van der Waals surface area contributed by atoms with Gasteiger partial charge in [-0.2, -0.15) is 0 Å². The highest BCUT2D eigenvalue weighted by molar-refractivity contribution is 14.1. The number of aliphatic imine (C=N–C) groups is 2. The van der Waals surface area contributed by atoms with Crippen LogP contribution in [0.3, 0.4) is 0 Å². The molecule has 8 fully saturated rings. The van der Waals surface area contributed by atoms with Gasteiger partial charge in [0.15, 0.2) is 0 Å². The quantitative estimate of drug-likeness (QED) is 0.109. The molecule has 246 valence electrons. The van der Waals surface area contributed by atoms with E-state index in [0.29, 0.717) is 21.7 Å². The Morgan fingerprint density at radius 1 is 0.587 bits per heavy atom. The van der Waals surface area contributed by atoms with Crippen molar-refractivity contribution < 1.29 is 0 Å². The Morgan fingerprint density at radius 2 is 1.00 bits per heavy atom. The van der Waals surface area contributed by atoms with Gasteiger partial charge in [0, 0.05) is 9.26 Å². The molecule has 8 saturated carbocycles. The van der Waals surface area contributed by atoms with Gasteiger partial charge in [-0.3, -0.25) is 10.9 Å². The van der Waals surface area contributed by atoms with Gasteiger partial charge in [-0.15, -0.1) is 0 Å². The number of nitrogens with zero attached hydrogens (tertiary/aromatic N) is 2. The molecular weight excluding hydrogens is 679 g/mol. The van der Waals surface area contributed by atoms with Gasteiger partial charge in [0.05, 0.1) is 16.8 Å². The van der Waals surface area contributed by atoms with Crippen molar-refractivity contribution in [2.24, 2.45) is 43.5 Å². The molecule has 4 unspecified atom stereocenters. The molecular formula is C39H53IN6. The molecule has 10 rings (SSSR count). The number of hydrogen-bond donors (Lipinski definition) is 4. The molecule has 0 aromatic heterocycles. The lowest BCUT2D eigenvalue weighted by Crippen LogP contribution is -2.59. The molecule has 0 spiro atoms. The first-order valence-corrected chi connectivity index (χ1v) is 18.9. The molecule has 8 aliphatic rings. The van der Waals surface area contributed by atoms with Gasteiger partial charge in [-0.1, -0.05) is 58.0 Å². The molecule has 46 heavy (non-hydrogen) atoms. The van der Waals surface area contributed by atoms with Crippen molar-refractivity contribution in [2.45, 2.75) is 123 Å². The second-order valence-electron chi connectivity index (χ2n) is 18.4. The van der Waals surface area contributed by atoms with Gasteiger partial charge >= 0.3 is 0 Å². The van der Waals surface area contributed by atoms with Gasteiger partial charge in [-0.05, 0) is 164 Å². The number of guanidine groups is 2. The zero-order valence-electron chi connectivity index (χ0n) is 28.5. The Bertz CT molecular complexity index is 1440. The minimum absolute atomic E-state index is 0.0364. The van der Waals surface area contributed by atoms with Gasteiger partial charge in [-0.25, -0.2) is 9.98 Å². The van der Waals surface area contributed by atoms with E-state index in [9.17, 15) is 0 Å². The van der Waals surface area contributed by atoms with Crippen LogP contribution in [0, 0.1) is 44.0 Å². The van der Waals surface area contributed by atoms with E-state index in [-0.39, 0.29) is 11.1 Å². The summed E-state index contributed by atoms with van der Waals surface area (Å²) in [5.74, 6) is 3.15. The largest absolute Gasteiger partial charge is 0.325 e. The van der Waals surface area contributed by atoms with Crippen molar-refractivity contribution in [1.29, 1.82) is 0 Å². The maximum absolute atomic E-state index is 5.69. The topological polar surface area (TPSA) is 72.8 Å². The molecule has 0 radical (unpaired) electrons. The lowest BCUT2D eigenvalue weighted by molar-refractivity contribution is -0.104. The minimum Gasteiger partial charge on any atom is -0.325 e. The zero-order chi connectivity index (χ0) is 32.0. The van der Waals surface area contributed by atoms with Gasteiger partial charge in [0.25, 0.3) is 0 Å². The van der Waals surface area contributed by atoms with Crippen LogP contribution in [0.25, 0.3) is 0 Å². The van der Waals surface area contributed by atoms with Crippen LogP contribution < -0.4 is 21.5 Å². The fourth-order valence-corrected chi connectivity index (χ4v) is 13.8. The fourth-order valence-electron chi connectivity index (χ4n) is 13.3. The first-order chi connectivity index (χ1) is 21.7. The summed E-state index contributed by atoms with van der Waals surface area (Å²) in [4.78, 5) is 11.4. The van der Waals surface area contributed by atoms with Crippen molar-refractivity contribution in [2.75, 3.05) is 10.6 Å². The summed E-state index contributed by atoms with van der Waals surface area (Å²) in [5, 5.41) is 7.48. The third-order valence-electron chi connectivity index (χ3n) is 12.7. The summed E-state index contributed by atoms with van der Waals surface area (Å²) in [6.45, 7) is 12.3. The van der Waals surface area contributed by atoms with Crippen molar-refractivity contribution in [1.82, 2.24) is 10.9 Å². The maximum Gasteiger partial charge on any atom is 0.215 e. The number of nitrogens with one attached hydrogen (secondary N) is 4. The molecule has 0 aliphatic heterocycles. The highest BCUT2D eigenvalue weighted by Gasteiger charge is 2.61. The lowest BCUT2D eigenvalue weighted by atomic mass is 9.43. The van der Waals surface area contributed by atoms with Gasteiger partial charge in [0.2, 0.25) is 11.9 Å². The van der Waals surface area contributed by atoms with Crippen LogP contribution in [0.1, 0.15) is 110 Å². The SMILES string of the molecule is Cc1ccccc1NC(=NC12CC3CC(C)(CC(C)(C3)C1)C2)NNC(=NC12CC3CC(C)(CC(C)(C3)C1)C2)Nc1ccccc1I. The number of halogens is 1. The standard InChI is InChI=1S/C39H53IN6/c1-26-10-6-8-12-30(26)41-32(43-38-18-27-14-34(2,22-38)20-35(3,15-27)23-38)45-46-33(42-31-13-9-7-11-29(31)40)44-39-19-28-16-36(4,24-39)21-37(5,17-28)25-39/h6-13,27-28H,14-25H2,1-5H3,(H2,41,43,45)(H2,42,44,46). The smallest absolute Gasteiger partial charge is 0.215 e. The molecule has 8 aliphatic carbocycles. The van der Waals surface area contributed by atoms with Crippen molar-refractivity contribution >= 4 is 45.9 Å². The van der Waals surface area contributed by atoms with E-state index in [1.165, 1.54) is 86.2 Å². The fraction of sp³-hybridized carbons (Fsp3) is 0.641. The molecule has 2 aromatic carbocycles. The van der Waals surface area contributed by atoms with E-state index in [0.717, 1.165) is 35.1 Å². The Balaban J connectivity index is 1.14. The first-order valence-electron chi connectivity index (χ1n) is 17.8. The molecule has 4 atom stereocenters. The lowest BCUT2D eigenvalue weighted by Gasteiger charge is -2.64. The molecule has 0 heterocycles. The van der Waals surface area contributed by atoms with Crippen LogP contribution in [0.4, 0.5) is 11.4 Å². The van der Waals surface area contributed by atoms with E-state index in [1.807, 2.05) is 0 Å². The highest BCUT2D eigenvalue weighted by Crippen LogP contribution is 2.68. The average molecular weight is 733 g/mol. The summed E-state index contributed by atoms with van der Waals surface area (Å²) in [6.07, 6.45) is 15.2. The van der Waals surface area contributed by atoms with Gasteiger partial charge < -0.3 is 10.6 Å². The van der Waals surface area contributed by atoms with Crippen LogP contribution in [-0.4, -0.2) is 23.0 Å². The van der Waals surface area contributed by atoms with Crippen molar-refractivity contribution in [3.8, 4) is 0 Å². The molecule has 8 bridgehead atoms. The van der Waals surface area contributed by atoms with E-state index in [2.05, 4.69) is 127 Å². The highest BCUT2D eigenvalue weighted by atomic mass is 127. The number of benzene rings is 2. The van der Waals surface area contributed by atoms with E-state index in [1.54, 1.807) is 0 Å². The monoisotopic (exact) mass is 732 g/mol. The average Bonchev–Trinajstić information content (AvgIpc) is 2.90. The van der Waals surface area contributed by atoms with Crippen LogP contribution >= 0.6 is 22.6 Å². The third kappa shape index (κ3) is 5.85. The van der Waals surface area contributed by atoms with Crippen LogP contribution in [0.15, 0.2) is 58.5 Å². The summed E-state index contributed by atoms with van der Waals surface area (Å²) in [5.41, 5.74) is 12.1. The Morgan fingerprint density at radius 3 is 1.43 bits per heavy atom. The summed E-state index contributed by atoms with van der Waals surface area (Å²) >= 11 is 2.43. The molecule has 6 nitrogen and oxygen atoms in total. The number of hydrogen-bond acceptors (Lipinski definition) is 2. The molecule has 0 saturated heterocycles. The van der Waals surface area contributed by atoms with E-state index < -0.39 is 0 Å². The van der Waals surface area contributed by atoms with E-state index in [4.69, 9.17) is 9.98 Å². The maximum atomic E-state index is 5.69. The van der Waals surface area contributed by atoms with Crippen molar-refractivity contribution in [3.63, 3.8) is 0 Å². The van der Waals surface area contributed by atoms with Crippen LogP contribution in [0.2, 0.25) is 0 Å². The minimum atomic E-state index is -0.0377. The second kappa shape index (κ2) is 10.6. The molecule has 2 aromatic rings. The summed E-state index contributed by atoms with van der Waals surface area (Å²) in [7, 11) is 0. The van der Waals surface area contributed by atoms with E-state index >= 15 is 0 Å². The predicted molar refractivity (Wildman–Crippen MR) is 199 cm³/mol. The zero-order valence-corrected chi connectivity index (χ0v) is 30.7. The number of aryl methyl sites for hydroxylation is 1. The molecule has 0 amide bonds. The molecule has 7 heteroatoms.